The third-order valence-electron chi connectivity index (χ3n) is 3.87. The van der Waals surface area contributed by atoms with Gasteiger partial charge in [-0.05, 0) is 41.2 Å². The minimum absolute atomic E-state index is 0.239. The Balaban J connectivity index is 2.05. The molecule has 0 radical (unpaired) electrons. The van der Waals surface area contributed by atoms with E-state index < -0.39 is 0 Å². The van der Waals surface area contributed by atoms with E-state index in [-0.39, 0.29) is 6.04 Å². The maximum Gasteiger partial charge on any atom is 0.0754 e. The van der Waals surface area contributed by atoms with E-state index >= 15 is 0 Å². The zero-order valence-corrected chi connectivity index (χ0v) is 11.6. The number of rotatable bonds is 2. The molecule has 0 aliphatic carbocycles. The Labute approximate surface area is 114 Å². The highest BCUT2D eigenvalue weighted by Gasteiger charge is 2.22. The molecule has 3 rings (SSSR count). The Bertz CT molecular complexity index is 561. The number of nitrogens with zero attached hydrogens (tertiary/aromatic N) is 1. The van der Waals surface area contributed by atoms with Crippen LogP contribution in [0.5, 0.6) is 0 Å². The molecule has 2 aromatic rings. The summed E-state index contributed by atoms with van der Waals surface area (Å²) in [5.41, 5.74) is 5.38. The number of aromatic nitrogens is 1. The number of fused-ring (bicyclic) bond motifs is 1. The van der Waals surface area contributed by atoms with Crippen LogP contribution >= 0.6 is 0 Å². The molecule has 1 aromatic heterocycles. The molecule has 1 unspecified atom stereocenters. The lowest BCUT2D eigenvalue weighted by Gasteiger charge is -2.27. The number of hydrogen-bond donors (Lipinski definition) is 1. The summed E-state index contributed by atoms with van der Waals surface area (Å²) in [6.45, 7) is 5.51. The summed E-state index contributed by atoms with van der Waals surface area (Å²) >= 11 is 0. The Morgan fingerprint density at radius 1 is 1.21 bits per heavy atom. The number of benzene rings is 1. The minimum atomic E-state index is 0.239. The maximum atomic E-state index is 4.51. The fourth-order valence-corrected chi connectivity index (χ4v) is 2.74. The van der Waals surface area contributed by atoms with E-state index in [0.29, 0.717) is 5.92 Å². The van der Waals surface area contributed by atoms with Gasteiger partial charge < -0.3 is 5.32 Å². The third-order valence-corrected chi connectivity index (χ3v) is 3.87. The van der Waals surface area contributed by atoms with Crippen molar-refractivity contribution in [3.8, 4) is 0 Å². The number of pyridine rings is 1. The molecule has 1 atom stereocenters. The summed E-state index contributed by atoms with van der Waals surface area (Å²) in [6.07, 6.45) is 2.98. The van der Waals surface area contributed by atoms with Gasteiger partial charge in [0.05, 0.1) is 11.7 Å². The summed E-state index contributed by atoms with van der Waals surface area (Å²) in [5, 5.41) is 3.60. The van der Waals surface area contributed by atoms with Gasteiger partial charge in [0, 0.05) is 12.7 Å². The van der Waals surface area contributed by atoms with E-state index in [1.165, 1.54) is 16.7 Å². The van der Waals surface area contributed by atoms with Crippen LogP contribution in [0.15, 0.2) is 42.6 Å². The lowest BCUT2D eigenvalue weighted by atomic mass is 9.88. The predicted octanol–water partition coefficient (Wildman–Crippen LogP) is 3.44. The first-order valence-electron chi connectivity index (χ1n) is 7.03. The smallest absolute Gasteiger partial charge is 0.0754 e. The average molecular weight is 252 g/mol. The molecule has 2 nitrogen and oxygen atoms in total. The van der Waals surface area contributed by atoms with Crippen molar-refractivity contribution in [3.63, 3.8) is 0 Å². The van der Waals surface area contributed by atoms with E-state index in [1.807, 2.05) is 12.3 Å². The highest BCUT2D eigenvalue weighted by Crippen LogP contribution is 2.30. The quantitative estimate of drug-likeness (QED) is 0.885. The summed E-state index contributed by atoms with van der Waals surface area (Å²) in [7, 11) is 0. The van der Waals surface area contributed by atoms with Gasteiger partial charge in [0.2, 0.25) is 0 Å². The van der Waals surface area contributed by atoms with E-state index in [1.54, 1.807) is 0 Å². The van der Waals surface area contributed by atoms with Crippen LogP contribution in [0.2, 0.25) is 0 Å². The maximum absolute atomic E-state index is 4.51. The molecule has 0 amide bonds. The van der Waals surface area contributed by atoms with Crippen molar-refractivity contribution >= 4 is 0 Å². The fraction of sp³-hybridized carbons (Fsp3) is 0.353. The molecule has 1 aliphatic rings. The minimum Gasteiger partial charge on any atom is -0.305 e. The first kappa shape index (κ1) is 12.4. The van der Waals surface area contributed by atoms with Crippen molar-refractivity contribution in [3.05, 3.63) is 65.0 Å². The fourth-order valence-electron chi connectivity index (χ4n) is 2.74. The van der Waals surface area contributed by atoms with E-state index in [0.717, 1.165) is 18.7 Å². The van der Waals surface area contributed by atoms with Gasteiger partial charge in [0.15, 0.2) is 0 Å². The van der Waals surface area contributed by atoms with Gasteiger partial charge in [0.25, 0.3) is 0 Å². The summed E-state index contributed by atoms with van der Waals surface area (Å²) in [6, 6.07) is 13.3. The van der Waals surface area contributed by atoms with Gasteiger partial charge in [-0.3, -0.25) is 4.98 Å². The molecule has 0 fully saturated rings. The van der Waals surface area contributed by atoms with Crippen LogP contribution in [-0.4, -0.2) is 11.5 Å². The van der Waals surface area contributed by atoms with Gasteiger partial charge in [-0.25, -0.2) is 0 Å². The second-order valence-electron chi connectivity index (χ2n) is 5.50. The Morgan fingerprint density at radius 3 is 2.84 bits per heavy atom. The molecule has 1 aliphatic heterocycles. The molecule has 0 saturated carbocycles. The van der Waals surface area contributed by atoms with Crippen LogP contribution in [0.3, 0.4) is 0 Å². The van der Waals surface area contributed by atoms with Crippen molar-refractivity contribution in [2.75, 3.05) is 6.54 Å². The zero-order valence-electron chi connectivity index (χ0n) is 11.6. The van der Waals surface area contributed by atoms with Crippen molar-refractivity contribution in [2.24, 2.45) is 0 Å². The molecule has 98 valence electrons. The van der Waals surface area contributed by atoms with Crippen LogP contribution in [-0.2, 0) is 6.42 Å². The SMILES string of the molecule is CC(C)c1ccc2c(c1)C(c1ccccn1)NCC2. The summed E-state index contributed by atoms with van der Waals surface area (Å²) in [5.74, 6) is 0.566. The zero-order chi connectivity index (χ0) is 13.2. The molecule has 2 heteroatoms. The second kappa shape index (κ2) is 5.14. The molecular weight excluding hydrogens is 232 g/mol. The number of nitrogens with one attached hydrogen (secondary N) is 1. The highest BCUT2D eigenvalue weighted by atomic mass is 14.9. The molecule has 19 heavy (non-hydrogen) atoms. The Kier molecular flexibility index (Phi) is 3.34. The molecule has 0 saturated heterocycles. The van der Waals surface area contributed by atoms with Crippen molar-refractivity contribution in [1.29, 1.82) is 0 Å². The van der Waals surface area contributed by atoms with Gasteiger partial charge in [0.1, 0.15) is 0 Å². The Hall–Kier alpha value is -1.67. The van der Waals surface area contributed by atoms with Gasteiger partial charge in [-0.1, -0.05) is 38.1 Å². The van der Waals surface area contributed by atoms with Crippen LogP contribution < -0.4 is 5.32 Å². The molecule has 2 heterocycles. The van der Waals surface area contributed by atoms with E-state index in [9.17, 15) is 0 Å². The molecule has 0 spiro atoms. The average Bonchev–Trinajstić information content (AvgIpc) is 2.47. The normalized spacial score (nSPS) is 18.4. The standard InChI is InChI=1S/C17H20N2/c1-12(2)14-7-6-13-8-10-19-17(15(13)11-14)16-5-3-4-9-18-16/h3-7,9,11-12,17,19H,8,10H2,1-2H3. The Morgan fingerprint density at radius 2 is 2.11 bits per heavy atom. The monoisotopic (exact) mass is 252 g/mol. The first-order chi connectivity index (χ1) is 9.25. The van der Waals surface area contributed by atoms with Gasteiger partial charge >= 0.3 is 0 Å². The van der Waals surface area contributed by atoms with Crippen molar-refractivity contribution in [2.45, 2.75) is 32.2 Å². The van der Waals surface area contributed by atoms with Gasteiger partial charge in [-0.15, -0.1) is 0 Å². The first-order valence-corrected chi connectivity index (χ1v) is 7.03. The molecule has 1 N–H and O–H groups in total. The summed E-state index contributed by atoms with van der Waals surface area (Å²) in [4.78, 5) is 4.51. The lowest BCUT2D eigenvalue weighted by Crippen LogP contribution is -2.31. The largest absolute Gasteiger partial charge is 0.305 e. The second-order valence-corrected chi connectivity index (χ2v) is 5.50. The topological polar surface area (TPSA) is 24.9 Å². The predicted molar refractivity (Wildman–Crippen MR) is 78.3 cm³/mol. The van der Waals surface area contributed by atoms with Crippen molar-refractivity contribution in [1.82, 2.24) is 10.3 Å². The van der Waals surface area contributed by atoms with Crippen LogP contribution in [0.25, 0.3) is 0 Å². The van der Waals surface area contributed by atoms with Crippen LogP contribution in [0.1, 0.15) is 48.2 Å². The van der Waals surface area contributed by atoms with Crippen molar-refractivity contribution < 1.29 is 0 Å². The van der Waals surface area contributed by atoms with E-state index in [4.69, 9.17) is 0 Å². The highest BCUT2D eigenvalue weighted by molar-refractivity contribution is 5.41. The van der Waals surface area contributed by atoms with E-state index in [2.05, 4.69) is 54.5 Å². The number of hydrogen-bond acceptors (Lipinski definition) is 2. The summed E-state index contributed by atoms with van der Waals surface area (Å²) < 4.78 is 0. The molecular formula is C17H20N2. The van der Waals surface area contributed by atoms with Crippen LogP contribution in [0, 0.1) is 0 Å². The lowest BCUT2D eigenvalue weighted by molar-refractivity contribution is 0.555. The van der Waals surface area contributed by atoms with Gasteiger partial charge in [-0.2, -0.15) is 0 Å². The van der Waals surface area contributed by atoms with Crippen LogP contribution in [0.4, 0.5) is 0 Å². The molecule has 0 bridgehead atoms. The third kappa shape index (κ3) is 2.41. The molecule has 1 aromatic carbocycles.